The van der Waals surface area contributed by atoms with Gasteiger partial charge in [-0.25, -0.2) is 4.39 Å². The van der Waals surface area contributed by atoms with Gasteiger partial charge in [0, 0.05) is 47.3 Å². The monoisotopic (exact) mass is 520 g/mol. The molecule has 1 aromatic carbocycles. The first-order chi connectivity index (χ1) is 18.0. The van der Waals surface area contributed by atoms with E-state index in [2.05, 4.69) is 58.3 Å². The second kappa shape index (κ2) is 9.73. The molecule has 1 atom stereocenters. The van der Waals surface area contributed by atoms with Gasteiger partial charge in [-0.1, -0.05) is 38.3 Å². The number of nitrogens with zero attached hydrogens (tertiary/aromatic N) is 3. The number of aryl methyl sites for hydroxylation is 1. The van der Waals surface area contributed by atoms with Crippen molar-refractivity contribution in [3.05, 3.63) is 70.2 Å². The van der Waals surface area contributed by atoms with Crippen LogP contribution >= 0.6 is 11.6 Å². The number of hydrogen-bond acceptors (Lipinski definition) is 7. The summed E-state index contributed by atoms with van der Waals surface area (Å²) in [6, 6.07) is 3.65. The van der Waals surface area contributed by atoms with Crippen LogP contribution in [0.3, 0.4) is 0 Å². The molecule has 0 saturated heterocycles. The first kappa shape index (κ1) is 23.8. The molecule has 2 aliphatic rings. The summed E-state index contributed by atoms with van der Waals surface area (Å²) in [5.74, 6) is 2.18. The maximum Gasteiger partial charge on any atom is 0.141 e. The Labute approximate surface area is 223 Å². The molecule has 3 aromatic rings. The van der Waals surface area contributed by atoms with E-state index >= 15 is 0 Å². The van der Waals surface area contributed by atoms with Crippen LogP contribution in [0.4, 0.5) is 15.8 Å². The molecule has 0 spiro atoms. The Kier molecular flexibility index (Phi) is 6.27. The third kappa shape index (κ3) is 5.43. The van der Waals surface area contributed by atoms with Crippen LogP contribution in [0, 0.1) is 30.5 Å². The minimum absolute atomic E-state index is 0.000404. The zero-order valence-corrected chi connectivity index (χ0v) is 22.1. The van der Waals surface area contributed by atoms with Crippen molar-refractivity contribution in [1.82, 2.24) is 25.9 Å². The second-order valence-electron chi connectivity index (χ2n) is 10.7. The molecule has 0 bridgehead atoms. The van der Waals surface area contributed by atoms with E-state index in [9.17, 15) is 5.76 Å². The fraction of sp³-hybridized carbons (Fsp3) is 0.357. The van der Waals surface area contributed by atoms with Gasteiger partial charge in [-0.2, -0.15) is 0 Å². The van der Waals surface area contributed by atoms with E-state index in [1.807, 2.05) is 17.3 Å². The van der Waals surface area contributed by atoms with Gasteiger partial charge in [0.25, 0.3) is 0 Å². The van der Waals surface area contributed by atoms with Gasteiger partial charge in [0.15, 0.2) is 0 Å². The number of fused-ring (bicyclic) bond motifs is 1. The van der Waals surface area contributed by atoms with Gasteiger partial charge >= 0.3 is 0 Å². The quantitative estimate of drug-likeness (QED) is 0.300. The largest absolute Gasteiger partial charge is 0.383 e. The molecule has 4 N–H and O–H groups in total. The number of benzene rings is 1. The molecule has 0 unspecified atom stereocenters. The maximum absolute atomic E-state index is 14.4. The Balaban J connectivity index is 1.63. The molecule has 9 heteroatoms. The summed E-state index contributed by atoms with van der Waals surface area (Å²) in [4.78, 5) is 8.69. The van der Waals surface area contributed by atoms with Crippen LogP contribution in [0.25, 0.3) is 10.9 Å². The molecule has 192 valence electrons. The lowest BCUT2D eigenvalue weighted by atomic mass is 9.96. The van der Waals surface area contributed by atoms with Gasteiger partial charge in [0.05, 0.1) is 41.1 Å². The molecule has 1 saturated carbocycles. The third-order valence-electron chi connectivity index (χ3n) is 6.27. The molecule has 7 nitrogen and oxygen atoms in total. The Morgan fingerprint density at radius 1 is 1.30 bits per heavy atom. The lowest BCUT2D eigenvalue weighted by Gasteiger charge is -2.24. The number of halogens is 2. The van der Waals surface area contributed by atoms with Crippen molar-refractivity contribution < 1.29 is 5.76 Å². The normalized spacial score (nSPS) is 17.5. The zero-order chi connectivity index (χ0) is 27.2. The van der Waals surface area contributed by atoms with Gasteiger partial charge in [-0.15, -0.1) is 12.0 Å². The molecular weight excluding hydrogens is 489 g/mol. The molecule has 1 fully saturated rings. The highest BCUT2D eigenvalue weighted by molar-refractivity contribution is 6.35. The summed E-state index contributed by atoms with van der Waals surface area (Å²) in [5.41, 5.74) is 10.1. The summed E-state index contributed by atoms with van der Waals surface area (Å²) >= 11 is 6.72. The molecular formula is C28H31ClFN7. The van der Waals surface area contributed by atoms with Crippen LogP contribution in [0.15, 0.2) is 42.5 Å². The Morgan fingerprint density at radius 2 is 2.08 bits per heavy atom. The van der Waals surface area contributed by atoms with Crippen molar-refractivity contribution in [2.45, 2.75) is 52.6 Å². The average molecular weight is 521 g/mol. The van der Waals surface area contributed by atoms with Gasteiger partial charge in [0.1, 0.15) is 5.82 Å². The van der Waals surface area contributed by atoms with Crippen LogP contribution in [0.5, 0.6) is 0 Å². The second-order valence-corrected chi connectivity index (χ2v) is 11.1. The van der Waals surface area contributed by atoms with Crippen molar-refractivity contribution in [3.63, 3.8) is 0 Å². The van der Waals surface area contributed by atoms with Crippen LogP contribution in [-0.2, 0) is 0 Å². The molecule has 5 rings (SSSR count). The van der Waals surface area contributed by atoms with Crippen LogP contribution in [0.2, 0.25) is 5.02 Å². The topological polar surface area (TPSA) is 77.1 Å². The molecule has 37 heavy (non-hydrogen) atoms. The predicted octanol–water partition coefficient (Wildman–Crippen LogP) is 5.65. The smallest absolute Gasteiger partial charge is 0.141 e. The SMILES string of the molecule is [2H][C@](Nc1cc(Cl)c2ncc(C#C)c(NCC(C)(C)C)c2c1)(C1=CN(C2CC2)NN1)c1cc(F)cnc1C. The molecule has 0 amide bonds. The van der Waals surface area contributed by atoms with Gasteiger partial charge in [-0.05, 0) is 43.4 Å². The van der Waals surface area contributed by atoms with E-state index < -0.39 is 11.8 Å². The molecule has 1 aliphatic heterocycles. The Hall–Kier alpha value is -3.54. The number of pyridine rings is 2. The van der Waals surface area contributed by atoms with Crippen LogP contribution in [0.1, 0.15) is 57.8 Å². The highest BCUT2D eigenvalue weighted by Crippen LogP contribution is 2.37. The fourth-order valence-corrected chi connectivity index (χ4v) is 4.44. The average Bonchev–Trinajstić information content (AvgIpc) is 3.59. The highest BCUT2D eigenvalue weighted by atomic mass is 35.5. The number of hydrazine groups is 2. The minimum atomic E-state index is -1.62. The first-order valence-electron chi connectivity index (χ1n) is 12.7. The molecule has 2 aromatic heterocycles. The lowest BCUT2D eigenvalue weighted by molar-refractivity contribution is 0.260. The van der Waals surface area contributed by atoms with Crippen molar-refractivity contribution in [3.8, 4) is 12.3 Å². The Morgan fingerprint density at radius 3 is 2.78 bits per heavy atom. The number of rotatable bonds is 7. The summed E-state index contributed by atoms with van der Waals surface area (Å²) in [6.07, 6.45) is 12.6. The van der Waals surface area contributed by atoms with Crippen molar-refractivity contribution in [1.29, 1.82) is 0 Å². The van der Waals surface area contributed by atoms with Crippen molar-refractivity contribution >= 4 is 33.9 Å². The number of anilines is 2. The third-order valence-corrected chi connectivity index (χ3v) is 6.55. The van der Waals surface area contributed by atoms with E-state index in [1.165, 1.54) is 6.07 Å². The van der Waals surface area contributed by atoms with E-state index in [0.29, 0.717) is 51.3 Å². The van der Waals surface area contributed by atoms with Crippen LogP contribution < -0.4 is 21.6 Å². The van der Waals surface area contributed by atoms with Crippen molar-refractivity contribution in [2.24, 2.45) is 5.41 Å². The molecule has 1 aliphatic carbocycles. The van der Waals surface area contributed by atoms with Gasteiger partial charge < -0.3 is 16.1 Å². The summed E-state index contributed by atoms with van der Waals surface area (Å²) in [5, 5.41) is 9.84. The van der Waals surface area contributed by atoms with Crippen molar-refractivity contribution in [2.75, 3.05) is 17.2 Å². The summed E-state index contributed by atoms with van der Waals surface area (Å²) < 4.78 is 24.0. The van der Waals surface area contributed by atoms with E-state index in [1.54, 1.807) is 19.2 Å². The number of hydrogen-bond donors (Lipinski definition) is 4. The number of terminal acetylenes is 1. The van der Waals surface area contributed by atoms with E-state index in [4.69, 9.17) is 18.0 Å². The standard InChI is InChI=1S/C28H31ClFN7/c1-6-17-12-32-26-22(25(17)33-15-28(3,4)5)10-19(11-23(26)29)34-27(21-9-18(30)13-31-16(21)2)24-14-37(36-35-24)20-7-8-20/h1,9-14,20,27,34-36H,7-8,15H2,2-5H3,(H,32,33)/t27-/m1/s1/i27D. The number of nitrogens with one attached hydrogen (secondary N) is 4. The summed E-state index contributed by atoms with van der Waals surface area (Å²) in [6.45, 7) is 8.82. The minimum Gasteiger partial charge on any atom is -0.383 e. The maximum atomic E-state index is 14.4. The van der Waals surface area contributed by atoms with E-state index in [0.717, 1.165) is 30.1 Å². The highest BCUT2D eigenvalue weighted by Gasteiger charge is 2.33. The summed E-state index contributed by atoms with van der Waals surface area (Å²) in [7, 11) is 0. The van der Waals surface area contributed by atoms with E-state index in [-0.39, 0.29) is 5.41 Å². The fourth-order valence-electron chi connectivity index (χ4n) is 4.17. The first-order valence-corrected chi connectivity index (χ1v) is 12.6. The van der Waals surface area contributed by atoms with Gasteiger partial charge in [0.2, 0.25) is 0 Å². The van der Waals surface area contributed by atoms with Gasteiger partial charge in [-0.3, -0.25) is 15.0 Å². The zero-order valence-electron chi connectivity index (χ0n) is 22.3. The lowest BCUT2D eigenvalue weighted by Crippen LogP contribution is -2.38. The number of aromatic nitrogens is 2. The predicted molar refractivity (Wildman–Crippen MR) is 147 cm³/mol. The Bertz CT molecular complexity index is 1470. The van der Waals surface area contributed by atoms with Crippen LogP contribution in [-0.4, -0.2) is 27.6 Å². The molecule has 0 radical (unpaired) electrons. The molecule has 3 heterocycles.